The van der Waals surface area contributed by atoms with Gasteiger partial charge in [-0.25, -0.2) is 4.98 Å². The van der Waals surface area contributed by atoms with E-state index < -0.39 is 0 Å². The van der Waals surface area contributed by atoms with E-state index in [9.17, 15) is 0 Å². The van der Waals surface area contributed by atoms with Gasteiger partial charge in [-0.3, -0.25) is 0 Å². The Morgan fingerprint density at radius 2 is 1.90 bits per heavy atom. The number of hydrogen-bond acceptors (Lipinski definition) is 5. The molecule has 29 heavy (non-hydrogen) atoms. The Balaban J connectivity index is 1.82. The van der Waals surface area contributed by atoms with E-state index in [4.69, 9.17) is 10.5 Å². The van der Waals surface area contributed by atoms with E-state index in [1.54, 1.807) is 7.11 Å². The third-order valence-corrected chi connectivity index (χ3v) is 5.55. The van der Waals surface area contributed by atoms with Gasteiger partial charge in [-0.1, -0.05) is 15.9 Å². The van der Waals surface area contributed by atoms with E-state index in [1.165, 1.54) is 0 Å². The third-order valence-electron chi connectivity index (χ3n) is 5.05. The highest BCUT2D eigenvalue weighted by Crippen LogP contribution is 2.38. The molecule has 0 amide bonds. The Morgan fingerprint density at radius 3 is 2.72 bits per heavy atom. The van der Waals surface area contributed by atoms with Crippen LogP contribution < -0.4 is 10.5 Å². The molecule has 0 atom stereocenters. The van der Waals surface area contributed by atoms with Crippen molar-refractivity contribution in [3.63, 3.8) is 0 Å². The number of anilines is 1. The van der Waals surface area contributed by atoms with Gasteiger partial charge in [-0.2, -0.15) is 0 Å². The topological polar surface area (TPSA) is 94.6 Å². The molecular formula is C21H17BrN6O. The molecule has 0 aliphatic rings. The first-order chi connectivity index (χ1) is 14.0. The molecule has 5 aromatic rings. The molecule has 5 rings (SSSR count). The van der Waals surface area contributed by atoms with Crippen molar-refractivity contribution in [3.05, 3.63) is 53.3 Å². The van der Waals surface area contributed by atoms with Gasteiger partial charge in [0.2, 0.25) is 5.95 Å². The number of methoxy groups -OCH3 is 1. The highest BCUT2D eigenvalue weighted by Gasteiger charge is 2.20. The second-order valence-electron chi connectivity index (χ2n) is 6.80. The number of nitrogens with zero attached hydrogens (tertiary/aromatic N) is 4. The summed E-state index contributed by atoms with van der Waals surface area (Å²) in [5.74, 6) is 0.895. The minimum Gasteiger partial charge on any atom is -0.497 e. The van der Waals surface area contributed by atoms with Crippen molar-refractivity contribution >= 4 is 43.7 Å². The van der Waals surface area contributed by atoms with Crippen molar-refractivity contribution in [2.24, 2.45) is 7.05 Å². The van der Waals surface area contributed by atoms with Gasteiger partial charge >= 0.3 is 0 Å². The molecule has 0 unspecified atom stereocenters. The molecular weight excluding hydrogens is 432 g/mol. The second kappa shape index (κ2) is 6.59. The fraction of sp³-hybridized carbons (Fsp3) is 0.0952. The zero-order chi connectivity index (χ0) is 20.1. The SMILES string of the molecule is COc1ccc2[nH]cc(-c3nc(N)nnc3-c3cn(C)c4ccc(Br)cc34)c2c1. The number of hydrogen-bond donors (Lipinski definition) is 2. The normalized spacial score (nSPS) is 11.4. The molecule has 8 heteroatoms. The molecule has 0 saturated carbocycles. The molecule has 0 aliphatic heterocycles. The zero-order valence-corrected chi connectivity index (χ0v) is 17.4. The van der Waals surface area contributed by atoms with Crippen LogP contribution in [0.15, 0.2) is 53.3 Å². The quantitative estimate of drug-likeness (QED) is 0.422. The van der Waals surface area contributed by atoms with Gasteiger partial charge in [0.15, 0.2) is 0 Å². The minimum absolute atomic E-state index is 0.127. The smallest absolute Gasteiger partial charge is 0.240 e. The van der Waals surface area contributed by atoms with Crippen LogP contribution in [0.1, 0.15) is 0 Å². The lowest BCUT2D eigenvalue weighted by molar-refractivity contribution is 0.415. The predicted molar refractivity (Wildman–Crippen MR) is 118 cm³/mol. The number of benzene rings is 2. The standard InChI is InChI=1S/C21H17BrN6O/c1-28-10-16(14-7-11(22)3-6-18(14)28)20-19(25-21(23)27-26-20)15-9-24-17-5-4-12(29-2)8-13(15)17/h3-10,24H,1-2H3,(H2,23,25,27). The van der Waals surface area contributed by atoms with E-state index >= 15 is 0 Å². The molecule has 3 aromatic heterocycles. The molecule has 0 bridgehead atoms. The van der Waals surface area contributed by atoms with Crippen molar-refractivity contribution in [2.45, 2.75) is 0 Å². The summed E-state index contributed by atoms with van der Waals surface area (Å²) in [4.78, 5) is 7.85. The Morgan fingerprint density at radius 1 is 1.03 bits per heavy atom. The van der Waals surface area contributed by atoms with Crippen LogP contribution in [-0.2, 0) is 7.05 Å². The number of H-pyrrole nitrogens is 1. The van der Waals surface area contributed by atoms with Gasteiger partial charge in [0.05, 0.1) is 7.11 Å². The van der Waals surface area contributed by atoms with Crippen molar-refractivity contribution in [1.82, 2.24) is 24.7 Å². The number of fused-ring (bicyclic) bond motifs is 2. The van der Waals surface area contributed by atoms with Crippen molar-refractivity contribution in [3.8, 4) is 28.3 Å². The summed E-state index contributed by atoms with van der Waals surface area (Å²) >= 11 is 3.57. The molecule has 0 radical (unpaired) electrons. The van der Waals surface area contributed by atoms with E-state index in [-0.39, 0.29) is 5.95 Å². The average molecular weight is 449 g/mol. The van der Waals surface area contributed by atoms with E-state index in [2.05, 4.69) is 52.8 Å². The number of nitrogens with one attached hydrogen (secondary N) is 1. The number of nitrogen functional groups attached to an aromatic ring is 1. The highest BCUT2D eigenvalue weighted by molar-refractivity contribution is 9.10. The summed E-state index contributed by atoms with van der Waals surface area (Å²) in [6.07, 6.45) is 3.95. The van der Waals surface area contributed by atoms with Crippen LogP contribution in [0.3, 0.4) is 0 Å². The molecule has 144 valence electrons. The van der Waals surface area contributed by atoms with Crippen molar-refractivity contribution in [2.75, 3.05) is 12.8 Å². The molecule has 0 aliphatic carbocycles. The molecule has 0 spiro atoms. The van der Waals surface area contributed by atoms with Crippen LogP contribution in [0.4, 0.5) is 5.95 Å². The van der Waals surface area contributed by atoms with Crippen LogP contribution in [0.2, 0.25) is 0 Å². The molecule has 2 aromatic carbocycles. The summed E-state index contributed by atoms with van der Waals surface area (Å²) in [5, 5.41) is 10.5. The van der Waals surface area contributed by atoms with Crippen LogP contribution in [-0.4, -0.2) is 31.8 Å². The number of aromatic nitrogens is 5. The van der Waals surface area contributed by atoms with Crippen LogP contribution in [0, 0.1) is 0 Å². The lowest BCUT2D eigenvalue weighted by atomic mass is 10.0. The first-order valence-electron chi connectivity index (χ1n) is 8.96. The largest absolute Gasteiger partial charge is 0.497 e. The lowest BCUT2D eigenvalue weighted by Gasteiger charge is -2.07. The predicted octanol–water partition coefficient (Wildman–Crippen LogP) is 4.53. The van der Waals surface area contributed by atoms with Gasteiger partial charge in [0.25, 0.3) is 0 Å². The zero-order valence-electron chi connectivity index (χ0n) is 15.8. The second-order valence-corrected chi connectivity index (χ2v) is 7.71. The Labute approximate surface area is 174 Å². The molecule has 3 N–H and O–H groups in total. The van der Waals surface area contributed by atoms with E-state index in [0.29, 0.717) is 11.4 Å². The summed E-state index contributed by atoms with van der Waals surface area (Å²) in [6, 6.07) is 12.0. The highest BCUT2D eigenvalue weighted by atomic mass is 79.9. The summed E-state index contributed by atoms with van der Waals surface area (Å²) in [7, 11) is 3.66. The third kappa shape index (κ3) is 2.84. The van der Waals surface area contributed by atoms with E-state index in [0.717, 1.165) is 43.2 Å². The Bertz CT molecular complexity index is 1390. The van der Waals surface area contributed by atoms with Crippen molar-refractivity contribution in [1.29, 1.82) is 0 Å². The average Bonchev–Trinajstić information content (AvgIpc) is 3.28. The fourth-order valence-electron chi connectivity index (χ4n) is 3.68. The number of halogens is 1. The maximum absolute atomic E-state index is 5.92. The molecule has 3 heterocycles. The first kappa shape index (κ1) is 17.7. The van der Waals surface area contributed by atoms with Gasteiger partial charge in [0, 0.05) is 56.8 Å². The molecule has 0 saturated heterocycles. The van der Waals surface area contributed by atoms with Crippen molar-refractivity contribution < 1.29 is 4.74 Å². The maximum atomic E-state index is 5.92. The summed E-state index contributed by atoms with van der Waals surface area (Å²) < 4.78 is 8.46. The fourth-order valence-corrected chi connectivity index (χ4v) is 4.04. The summed E-state index contributed by atoms with van der Waals surface area (Å²) in [6.45, 7) is 0. The number of rotatable bonds is 3. The maximum Gasteiger partial charge on any atom is 0.240 e. The van der Waals surface area contributed by atoms with Crippen LogP contribution >= 0.6 is 15.9 Å². The van der Waals surface area contributed by atoms with Gasteiger partial charge < -0.3 is 20.0 Å². The molecule has 0 fully saturated rings. The number of ether oxygens (including phenoxy) is 1. The Hall–Kier alpha value is -3.39. The Kier molecular flexibility index (Phi) is 4.02. The summed E-state index contributed by atoms with van der Waals surface area (Å²) in [5.41, 5.74) is 11.2. The van der Waals surface area contributed by atoms with Crippen LogP contribution in [0.5, 0.6) is 5.75 Å². The lowest BCUT2D eigenvalue weighted by Crippen LogP contribution is -2.02. The van der Waals surface area contributed by atoms with Gasteiger partial charge in [-0.15, -0.1) is 10.2 Å². The number of aromatic amines is 1. The molecule has 7 nitrogen and oxygen atoms in total. The number of aryl methyl sites for hydroxylation is 1. The van der Waals surface area contributed by atoms with Crippen LogP contribution in [0.25, 0.3) is 44.3 Å². The monoisotopic (exact) mass is 448 g/mol. The van der Waals surface area contributed by atoms with E-state index in [1.807, 2.05) is 43.7 Å². The first-order valence-corrected chi connectivity index (χ1v) is 9.75. The minimum atomic E-state index is 0.127. The van der Waals surface area contributed by atoms with Gasteiger partial charge in [0.1, 0.15) is 17.1 Å². The van der Waals surface area contributed by atoms with Gasteiger partial charge in [-0.05, 0) is 36.4 Å². The number of nitrogens with two attached hydrogens (primary N) is 1.